The van der Waals surface area contributed by atoms with Gasteiger partial charge in [0, 0.05) is 17.9 Å². The molecule has 0 aliphatic rings. The number of hydrogen-bond acceptors (Lipinski definition) is 5. The Bertz CT molecular complexity index is 1500. The van der Waals surface area contributed by atoms with Gasteiger partial charge in [-0.05, 0) is 48.9 Å². The highest BCUT2D eigenvalue weighted by Crippen LogP contribution is 2.29. The van der Waals surface area contributed by atoms with E-state index in [4.69, 9.17) is 10.5 Å². The Morgan fingerprint density at radius 1 is 1.05 bits per heavy atom. The molecule has 1 unspecified atom stereocenters. The molecule has 2 atom stereocenters. The standard InChI is InChI=1S/C28H27F2N5O4/c1-17(34-27(38)28(2,29)30)25(18-7-4-3-5-8-18)39-22-11-12-23-20(14-22)15-33-35(23)21-10-6-9-19(13-21)26(37)32-16-24(31)36/h3-15,17,25H,16H2,1-2H3,(H2,31,36)(H,32,37)(H,34,38)/t17-,25?/m0/s1. The Kier molecular flexibility index (Phi) is 7.89. The van der Waals surface area contributed by atoms with Crippen LogP contribution in [0.1, 0.15) is 35.9 Å². The van der Waals surface area contributed by atoms with Gasteiger partial charge in [0.05, 0.1) is 30.0 Å². The van der Waals surface area contributed by atoms with Crippen LogP contribution in [-0.2, 0) is 9.59 Å². The first-order chi connectivity index (χ1) is 18.5. The Balaban J connectivity index is 1.59. The SMILES string of the molecule is C[C@H](NC(=O)C(C)(F)F)C(Oc1ccc2c(cnn2-c2cccc(C(=O)NCC(N)=O)c2)c1)c1ccccc1. The summed E-state index contributed by atoms with van der Waals surface area (Å²) in [5, 5.41) is 9.95. The summed E-state index contributed by atoms with van der Waals surface area (Å²) < 4.78 is 34.9. The van der Waals surface area contributed by atoms with Crippen LogP contribution < -0.4 is 21.1 Å². The lowest BCUT2D eigenvalue weighted by atomic mass is 10.0. The van der Waals surface area contributed by atoms with Gasteiger partial charge in [-0.3, -0.25) is 14.4 Å². The second-order valence-corrected chi connectivity index (χ2v) is 9.08. The van der Waals surface area contributed by atoms with E-state index in [1.54, 1.807) is 84.5 Å². The summed E-state index contributed by atoms with van der Waals surface area (Å²) >= 11 is 0. The van der Waals surface area contributed by atoms with Crippen LogP contribution in [0.15, 0.2) is 79.0 Å². The maximum atomic E-state index is 13.5. The number of nitrogens with one attached hydrogen (secondary N) is 2. The highest BCUT2D eigenvalue weighted by Gasteiger charge is 2.35. The van der Waals surface area contributed by atoms with E-state index in [9.17, 15) is 23.2 Å². The summed E-state index contributed by atoms with van der Waals surface area (Å²) in [6, 6.07) is 20.2. The minimum absolute atomic E-state index is 0.274. The zero-order valence-electron chi connectivity index (χ0n) is 21.2. The number of fused-ring (bicyclic) bond motifs is 1. The summed E-state index contributed by atoms with van der Waals surface area (Å²) in [4.78, 5) is 35.2. The number of aromatic nitrogens is 2. The van der Waals surface area contributed by atoms with E-state index >= 15 is 0 Å². The monoisotopic (exact) mass is 535 g/mol. The third-order valence-electron chi connectivity index (χ3n) is 5.92. The van der Waals surface area contributed by atoms with Crippen LogP contribution >= 0.6 is 0 Å². The fraction of sp³-hybridized carbons (Fsp3) is 0.214. The van der Waals surface area contributed by atoms with Gasteiger partial charge in [-0.15, -0.1) is 0 Å². The molecule has 4 rings (SSSR count). The number of primary amides is 1. The Labute approximate surface area is 222 Å². The molecule has 202 valence electrons. The molecule has 0 radical (unpaired) electrons. The molecule has 4 N–H and O–H groups in total. The fourth-order valence-electron chi connectivity index (χ4n) is 4.00. The van der Waals surface area contributed by atoms with E-state index in [2.05, 4.69) is 15.7 Å². The summed E-state index contributed by atoms with van der Waals surface area (Å²) in [5.74, 6) is -5.56. The molecule has 9 nitrogen and oxygen atoms in total. The molecule has 0 saturated carbocycles. The fourth-order valence-corrected chi connectivity index (χ4v) is 4.00. The maximum absolute atomic E-state index is 13.5. The average molecular weight is 536 g/mol. The largest absolute Gasteiger partial charge is 0.484 e. The lowest BCUT2D eigenvalue weighted by Crippen LogP contribution is -2.46. The molecule has 0 aliphatic heterocycles. The highest BCUT2D eigenvalue weighted by atomic mass is 19.3. The molecule has 0 spiro atoms. The van der Waals surface area contributed by atoms with Gasteiger partial charge in [-0.2, -0.15) is 13.9 Å². The number of rotatable bonds is 10. The minimum atomic E-state index is -3.52. The molecule has 11 heteroatoms. The van der Waals surface area contributed by atoms with Gasteiger partial charge < -0.3 is 21.1 Å². The average Bonchev–Trinajstić information content (AvgIpc) is 3.33. The first-order valence-corrected chi connectivity index (χ1v) is 12.1. The first-order valence-electron chi connectivity index (χ1n) is 12.1. The van der Waals surface area contributed by atoms with Crippen molar-refractivity contribution in [3.63, 3.8) is 0 Å². The number of nitrogens with zero attached hydrogens (tertiary/aromatic N) is 2. The van der Waals surface area contributed by atoms with Crippen molar-refractivity contribution < 1.29 is 27.9 Å². The minimum Gasteiger partial charge on any atom is -0.484 e. The zero-order chi connectivity index (χ0) is 28.2. The van der Waals surface area contributed by atoms with Gasteiger partial charge >= 0.3 is 5.92 Å². The van der Waals surface area contributed by atoms with Gasteiger partial charge in [0.25, 0.3) is 11.8 Å². The number of hydrogen-bond donors (Lipinski definition) is 3. The van der Waals surface area contributed by atoms with Crippen LogP contribution in [0.2, 0.25) is 0 Å². The van der Waals surface area contributed by atoms with Crippen molar-refractivity contribution in [3.05, 3.63) is 90.1 Å². The number of alkyl halides is 2. The normalized spacial score (nSPS) is 12.9. The third-order valence-corrected chi connectivity index (χ3v) is 5.92. The molecule has 0 aliphatic carbocycles. The second-order valence-electron chi connectivity index (χ2n) is 9.08. The molecule has 0 saturated heterocycles. The summed E-state index contributed by atoms with van der Waals surface area (Å²) in [6.45, 7) is 1.87. The number of benzene rings is 3. The maximum Gasteiger partial charge on any atom is 0.321 e. The summed E-state index contributed by atoms with van der Waals surface area (Å²) in [5.41, 5.74) is 7.46. The van der Waals surface area contributed by atoms with E-state index in [1.165, 1.54) is 0 Å². The number of carbonyl (C=O) groups is 3. The van der Waals surface area contributed by atoms with Crippen LogP contribution in [0.3, 0.4) is 0 Å². The molecule has 3 aromatic carbocycles. The molecule has 0 fully saturated rings. The topological polar surface area (TPSA) is 128 Å². The lowest BCUT2D eigenvalue weighted by molar-refractivity contribution is -0.144. The third kappa shape index (κ3) is 6.56. The number of ether oxygens (including phenoxy) is 1. The summed E-state index contributed by atoms with van der Waals surface area (Å²) in [6.07, 6.45) is 0.878. The van der Waals surface area contributed by atoms with E-state index in [0.717, 1.165) is 10.9 Å². The highest BCUT2D eigenvalue weighted by molar-refractivity contribution is 5.97. The number of halogens is 2. The van der Waals surface area contributed by atoms with Crippen molar-refractivity contribution in [2.75, 3.05) is 6.54 Å². The van der Waals surface area contributed by atoms with Crippen LogP contribution in [0.5, 0.6) is 5.75 Å². The predicted octanol–water partition coefficient (Wildman–Crippen LogP) is 3.52. The van der Waals surface area contributed by atoms with Gasteiger partial charge in [0.1, 0.15) is 11.9 Å². The van der Waals surface area contributed by atoms with E-state index < -0.39 is 35.8 Å². The molecule has 1 heterocycles. The van der Waals surface area contributed by atoms with Crippen LogP contribution in [-0.4, -0.2) is 46.0 Å². The molecule has 4 aromatic rings. The Hall–Kier alpha value is -4.80. The lowest BCUT2D eigenvalue weighted by Gasteiger charge is -2.27. The van der Waals surface area contributed by atoms with Crippen LogP contribution in [0.25, 0.3) is 16.6 Å². The van der Waals surface area contributed by atoms with Gasteiger partial charge in [0.15, 0.2) is 0 Å². The van der Waals surface area contributed by atoms with E-state index in [-0.39, 0.29) is 6.54 Å². The summed E-state index contributed by atoms with van der Waals surface area (Å²) in [7, 11) is 0. The molecular formula is C28H27F2N5O4. The van der Waals surface area contributed by atoms with Crippen molar-refractivity contribution >= 4 is 28.6 Å². The van der Waals surface area contributed by atoms with Gasteiger partial charge in [-0.25, -0.2) is 4.68 Å². The smallest absolute Gasteiger partial charge is 0.321 e. The Morgan fingerprint density at radius 3 is 2.49 bits per heavy atom. The van der Waals surface area contributed by atoms with Crippen molar-refractivity contribution in [2.24, 2.45) is 5.73 Å². The molecular weight excluding hydrogens is 508 g/mol. The zero-order valence-corrected chi connectivity index (χ0v) is 21.2. The van der Waals surface area contributed by atoms with Crippen molar-refractivity contribution in [1.29, 1.82) is 0 Å². The van der Waals surface area contributed by atoms with Crippen molar-refractivity contribution in [3.8, 4) is 11.4 Å². The van der Waals surface area contributed by atoms with Crippen LogP contribution in [0, 0.1) is 0 Å². The first kappa shape index (κ1) is 27.2. The quantitative estimate of drug-likeness (QED) is 0.286. The number of amides is 3. The van der Waals surface area contributed by atoms with Crippen molar-refractivity contribution in [2.45, 2.75) is 31.9 Å². The van der Waals surface area contributed by atoms with E-state index in [0.29, 0.717) is 29.5 Å². The van der Waals surface area contributed by atoms with E-state index in [1.807, 2.05) is 6.07 Å². The second kappa shape index (κ2) is 11.3. The van der Waals surface area contributed by atoms with Gasteiger partial charge in [-0.1, -0.05) is 36.4 Å². The molecule has 3 amide bonds. The van der Waals surface area contributed by atoms with Crippen molar-refractivity contribution in [1.82, 2.24) is 20.4 Å². The number of carbonyl (C=O) groups excluding carboxylic acids is 3. The molecule has 39 heavy (non-hydrogen) atoms. The predicted molar refractivity (Wildman–Crippen MR) is 141 cm³/mol. The molecule has 1 aromatic heterocycles. The number of nitrogens with two attached hydrogens (primary N) is 1. The molecule has 0 bridgehead atoms. The Morgan fingerprint density at radius 2 is 1.79 bits per heavy atom. The van der Waals surface area contributed by atoms with Crippen LogP contribution in [0.4, 0.5) is 8.78 Å². The van der Waals surface area contributed by atoms with Gasteiger partial charge in [0.2, 0.25) is 5.91 Å².